The lowest BCUT2D eigenvalue weighted by Crippen LogP contribution is -2.42. The van der Waals surface area contributed by atoms with Gasteiger partial charge >= 0.3 is 5.97 Å². The Bertz CT molecular complexity index is 493. The summed E-state index contributed by atoms with van der Waals surface area (Å²) in [6.07, 6.45) is 2.06. The summed E-state index contributed by atoms with van der Waals surface area (Å²) >= 11 is 6.09. The number of piperidine rings is 1. The molecule has 1 fully saturated rings. The molecule has 20 heavy (non-hydrogen) atoms. The Labute approximate surface area is 125 Å². The summed E-state index contributed by atoms with van der Waals surface area (Å²) in [6.45, 7) is 7.88. The van der Waals surface area contributed by atoms with Crippen LogP contribution in [0.2, 0.25) is 5.02 Å². The van der Waals surface area contributed by atoms with Gasteiger partial charge in [0.15, 0.2) is 0 Å². The molecule has 0 spiro atoms. The van der Waals surface area contributed by atoms with Crippen molar-refractivity contribution in [3.8, 4) is 0 Å². The molecule has 1 N–H and O–H groups in total. The third-order valence-electron chi connectivity index (χ3n) is 4.02. The number of halogens is 1. The van der Waals surface area contributed by atoms with Gasteiger partial charge in [0.2, 0.25) is 0 Å². The smallest absolute Gasteiger partial charge is 0.340 e. The lowest BCUT2D eigenvalue weighted by molar-refractivity contribution is -0.0368. The lowest BCUT2D eigenvalue weighted by Gasteiger charge is -2.36. The highest BCUT2D eigenvalue weighted by molar-refractivity contribution is 6.33. The van der Waals surface area contributed by atoms with Crippen LogP contribution in [0.5, 0.6) is 0 Å². The van der Waals surface area contributed by atoms with Crippen molar-refractivity contribution in [2.24, 2.45) is 5.92 Å². The fourth-order valence-corrected chi connectivity index (χ4v) is 2.88. The summed E-state index contributed by atoms with van der Waals surface area (Å²) in [5, 5.41) is 3.77. The number of aryl methyl sites for hydroxylation is 1. The maximum atomic E-state index is 12.4. The van der Waals surface area contributed by atoms with E-state index in [4.69, 9.17) is 16.3 Å². The van der Waals surface area contributed by atoms with Gasteiger partial charge in [-0.2, -0.15) is 0 Å². The molecule has 0 saturated carbocycles. The maximum absolute atomic E-state index is 12.4. The average Bonchev–Trinajstić information content (AvgIpc) is 2.42. The van der Waals surface area contributed by atoms with Gasteiger partial charge in [0.1, 0.15) is 5.60 Å². The highest BCUT2D eigenvalue weighted by atomic mass is 35.5. The minimum atomic E-state index is -0.466. The molecule has 1 aromatic rings. The molecule has 110 valence electrons. The molecule has 1 saturated heterocycles. The van der Waals surface area contributed by atoms with E-state index in [1.54, 1.807) is 12.1 Å². The van der Waals surface area contributed by atoms with E-state index in [-0.39, 0.29) is 5.97 Å². The molecule has 1 aliphatic rings. The number of ether oxygens (including phenoxy) is 1. The topological polar surface area (TPSA) is 38.3 Å². The number of nitrogens with one attached hydrogen (secondary N) is 1. The van der Waals surface area contributed by atoms with E-state index in [9.17, 15) is 4.79 Å². The number of benzene rings is 1. The molecule has 0 amide bonds. The summed E-state index contributed by atoms with van der Waals surface area (Å²) in [5.41, 5.74) is 0.987. The largest absolute Gasteiger partial charge is 0.456 e. The summed E-state index contributed by atoms with van der Waals surface area (Å²) in [5.74, 6) is 0.0542. The average molecular weight is 296 g/mol. The van der Waals surface area contributed by atoms with Gasteiger partial charge in [0.25, 0.3) is 0 Å². The zero-order valence-electron chi connectivity index (χ0n) is 12.3. The number of rotatable bonds is 3. The van der Waals surface area contributed by atoms with Crippen LogP contribution >= 0.6 is 11.6 Å². The fraction of sp³-hybridized carbons (Fsp3) is 0.562. The summed E-state index contributed by atoms with van der Waals surface area (Å²) in [7, 11) is 0. The summed E-state index contributed by atoms with van der Waals surface area (Å²) in [6, 6.07) is 5.41. The van der Waals surface area contributed by atoms with Crippen molar-refractivity contribution in [1.29, 1.82) is 0 Å². The molecular formula is C16H22ClNO2. The van der Waals surface area contributed by atoms with Crippen LogP contribution in [0.25, 0.3) is 0 Å². The Hall–Kier alpha value is -1.06. The standard InChI is InChI=1S/C16H22ClNO2/c1-11-4-5-14(17)13(10-11)15(19)20-16(2,3)12-6-8-18-9-7-12/h4-5,10,12,18H,6-9H2,1-3H3. The quantitative estimate of drug-likeness (QED) is 0.866. The molecule has 3 nitrogen and oxygen atoms in total. The molecule has 1 heterocycles. The third-order valence-corrected chi connectivity index (χ3v) is 4.35. The van der Waals surface area contributed by atoms with E-state index in [1.165, 1.54) is 0 Å². The minimum absolute atomic E-state index is 0.331. The monoisotopic (exact) mass is 295 g/mol. The van der Waals surface area contributed by atoms with E-state index in [0.717, 1.165) is 31.5 Å². The normalized spacial score (nSPS) is 17.0. The van der Waals surface area contributed by atoms with Gasteiger partial charge < -0.3 is 10.1 Å². The molecule has 0 aliphatic carbocycles. The molecule has 0 aromatic heterocycles. The van der Waals surface area contributed by atoms with Gasteiger partial charge in [-0.15, -0.1) is 0 Å². The first-order chi connectivity index (χ1) is 9.40. The molecule has 0 bridgehead atoms. The zero-order chi connectivity index (χ0) is 14.8. The van der Waals surface area contributed by atoms with Gasteiger partial charge in [-0.1, -0.05) is 23.2 Å². The number of esters is 1. The van der Waals surface area contributed by atoms with Crippen LogP contribution in [0.1, 0.15) is 42.6 Å². The number of hydrogen-bond acceptors (Lipinski definition) is 3. The van der Waals surface area contributed by atoms with Crippen molar-refractivity contribution in [3.05, 3.63) is 34.3 Å². The predicted molar refractivity (Wildman–Crippen MR) is 81.3 cm³/mol. The maximum Gasteiger partial charge on any atom is 0.340 e. The van der Waals surface area contributed by atoms with Crippen LogP contribution < -0.4 is 5.32 Å². The molecule has 0 atom stereocenters. The second kappa shape index (κ2) is 6.15. The first kappa shape index (κ1) is 15.3. The van der Waals surface area contributed by atoms with Gasteiger partial charge in [0, 0.05) is 5.92 Å². The van der Waals surface area contributed by atoms with E-state index in [2.05, 4.69) is 5.32 Å². The van der Waals surface area contributed by atoms with E-state index >= 15 is 0 Å². The van der Waals surface area contributed by atoms with Crippen molar-refractivity contribution in [2.75, 3.05) is 13.1 Å². The van der Waals surface area contributed by atoms with Crippen LogP contribution in [0.3, 0.4) is 0 Å². The second-order valence-corrected chi connectivity index (χ2v) is 6.41. The van der Waals surface area contributed by atoms with Crippen LogP contribution in [0.4, 0.5) is 0 Å². The molecule has 0 unspecified atom stereocenters. The van der Waals surface area contributed by atoms with Gasteiger partial charge in [0.05, 0.1) is 10.6 Å². The Kier molecular flexibility index (Phi) is 4.71. The number of hydrogen-bond donors (Lipinski definition) is 1. The Morgan fingerprint density at radius 3 is 2.65 bits per heavy atom. The highest BCUT2D eigenvalue weighted by Gasteiger charge is 2.34. The van der Waals surface area contributed by atoms with Crippen molar-refractivity contribution >= 4 is 17.6 Å². The first-order valence-electron chi connectivity index (χ1n) is 7.10. The van der Waals surface area contributed by atoms with Gasteiger partial charge in [-0.3, -0.25) is 0 Å². The number of carbonyl (C=O) groups excluding carboxylic acids is 1. The van der Waals surface area contributed by atoms with Gasteiger partial charge in [-0.05, 0) is 58.8 Å². The van der Waals surface area contributed by atoms with Crippen LogP contribution in [0, 0.1) is 12.8 Å². The van der Waals surface area contributed by atoms with E-state index in [0.29, 0.717) is 16.5 Å². The van der Waals surface area contributed by atoms with Crippen LogP contribution in [-0.4, -0.2) is 24.7 Å². The summed E-state index contributed by atoms with van der Waals surface area (Å²) < 4.78 is 5.75. The molecule has 4 heteroatoms. The van der Waals surface area contributed by atoms with E-state index < -0.39 is 5.60 Å². The zero-order valence-corrected chi connectivity index (χ0v) is 13.1. The highest BCUT2D eigenvalue weighted by Crippen LogP contribution is 2.30. The summed E-state index contributed by atoms with van der Waals surface area (Å²) in [4.78, 5) is 12.4. The lowest BCUT2D eigenvalue weighted by atomic mass is 9.83. The molecule has 1 aliphatic heterocycles. The van der Waals surface area contributed by atoms with Crippen molar-refractivity contribution in [1.82, 2.24) is 5.32 Å². The Balaban J connectivity index is 2.11. The molecule has 1 aromatic carbocycles. The molecule has 0 radical (unpaired) electrons. The van der Waals surface area contributed by atoms with Crippen LogP contribution in [0.15, 0.2) is 18.2 Å². The second-order valence-electron chi connectivity index (χ2n) is 6.00. The van der Waals surface area contributed by atoms with E-state index in [1.807, 2.05) is 26.8 Å². The first-order valence-corrected chi connectivity index (χ1v) is 7.48. The predicted octanol–water partition coefficient (Wildman–Crippen LogP) is 3.58. The third kappa shape index (κ3) is 3.53. The fourth-order valence-electron chi connectivity index (χ4n) is 2.69. The Morgan fingerprint density at radius 2 is 2.00 bits per heavy atom. The molecule has 2 rings (SSSR count). The van der Waals surface area contributed by atoms with Crippen molar-refractivity contribution < 1.29 is 9.53 Å². The van der Waals surface area contributed by atoms with Crippen LogP contribution in [-0.2, 0) is 4.74 Å². The SMILES string of the molecule is Cc1ccc(Cl)c(C(=O)OC(C)(C)C2CCNCC2)c1. The van der Waals surface area contributed by atoms with Crippen molar-refractivity contribution in [2.45, 2.75) is 39.2 Å². The van der Waals surface area contributed by atoms with Crippen molar-refractivity contribution in [3.63, 3.8) is 0 Å². The van der Waals surface area contributed by atoms with Gasteiger partial charge in [-0.25, -0.2) is 4.79 Å². The molecular weight excluding hydrogens is 274 g/mol. The minimum Gasteiger partial charge on any atom is -0.456 e. The Morgan fingerprint density at radius 1 is 1.35 bits per heavy atom. The number of carbonyl (C=O) groups is 1.